The zero-order valence-corrected chi connectivity index (χ0v) is 23.8. The van der Waals surface area contributed by atoms with Gasteiger partial charge in [-0.25, -0.2) is 4.39 Å². The predicted octanol–water partition coefficient (Wildman–Crippen LogP) is 4.08. The van der Waals surface area contributed by atoms with Crippen molar-refractivity contribution in [3.8, 4) is 6.01 Å². The van der Waals surface area contributed by atoms with Crippen LogP contribution in [0, 0.1) is 12.7 Å². The van der Waals surface area contributed by atoms with Crippen molar-refractivity contribution >= 4 is 28.1 Å². The lowest BCUT2D eigenvalue weighted by Gasteiger charge is -2.36. The summed E-state index contributed by atoms with van der Waals surface area (Å²) in [6.45, 7) is 6.84. The van der Waals surface area contributed by atoms with E-state index in [2.05, 4.69) is 15.1 Å². The molecular formula is C32H39FN6O2. The molecule has 8 nitrogen and oxygen atoms in total. The number of ether oxygens (including phenoxy) is 1. The number of benzene rings is 2. The third-order valence-corrected chi connectivity index (χ3v) is 10.3. The summed E-state index contributed by atoms with van der Waals surface area (Å²) in [5.41, 5.74) is 3.84. The van der Waals surface area contributed by atoms with Crippen LogP contribution in [0.1, 0.15) is 49.7 Å². The van der Waals surface area contributed by atoms with Gasteiger partial charge in [0.15, 0.2) is 5.82 Å². The zero-order chi connectivity index (χ0) is 27.7. The molecule has 8 rings (SSSR count). The summed E-state index contributed by atoms with van der Waals surface area (Å²) in [7, 11) is 0. The van der Waals surface area contributed by atoms with Crippen molar-refractivity contribution in [3.05, 3.63) is 47.3 Å². The Morgan fingerprint density at radius 3 is 2.61 bits per heavy atom. The van der Waals surface area contributed by atoms with Gasteiger partial charge in [0, 0.05) is 49.2 Å². The molecule has 4 fully saturated rings. The van der Waals surface area contributed by atoms with Crippen molar-refractivity contribution in [1.82, 2.24) is 20.2 Å². The van der Waals surface area contributed by atoms with Crippen LogP contribution in [-0.4, -0.2) is 83.0 Å². The highest BCUT2D eigenvalue weighted by Crippen LogP contribution is 2.42. The number of nitrogens with one attached hydrogen (secondary N) is 1. The second-order valence-electron chi connectivity index (χ2n) is 12.9. The molecule has 3 atom stereocenters. The maximum Gasteiger partial charge on any atom is 0.319 e. The van der Waals surface area contributed by atoms with Gasteiger partial charge in [0.1, 0.15) is 17.9 Å². The Morgan fingerprint density at radius 2 is 1.83 bits per heavy atom. The van der Waals surface area contributed by atoms with Crippen LogP contribution in [0.3, 0.4) is 0 Å². The van der Waals surface area contributed by atoms with Crippen LogP contribution >= 0.6 is 0 Å². The smallest absolute Gasteiger partial charge is 0.319 e. The highest BCUT2D eigenvalue weighted by molar-refractivity contribution is 5.93. The van der Waals surface area contributed by atoms with E-state index in [1.807, 2.05) is 42.2 Å². The Morgan fingerprint density at radius 1 is 1.05 bits per heavy atom. The minimum Gasteiger partial charge on any atom is -0.461 e. The summed E-state index contributed by atoms with van der Waals surface area (Å²) in [4.78, 5) is 16.5. The van der Waals surface area contributed by atoms with Crippen molar-refractivity contribution in [2.24, 2.45) is 0 Å². The number of fused-ring (bicyclic) bond motifs is 5. The van der Waals surface area contributed by atoms with E-state index in [1.165, 1.54) is 12.8 Å². The molecule has 4 saturated heterocycles. The van der Waals surface area contributed by atoms with E-state index >= 15 is 4.39 Å². The van der Waals surface area contributed by atoms with Gasteiger partial charge < -0.3 is 25.0 Å². The summed E-state index contributed by atoms with van der Waals surface area (Å²) in [5, 5.41) is 15.1. The van der Waals surface area contributed by atoms with Gasteiger partial charge in [0.05, 0.1) is 17.3 Å². The molecule has 3 aromatic rings. The number of nitrogens with zero attached hydrogens (tertiary/aromatic N) is 5. The highest BCUT2D eigenvalue weighted by Gasteiger charge is 2.45. The van der Waals surface area contributed by atoms with Crippen LogP contribution < -0.4 is 19.9 Å². The molecule has 6 heterocycles. The number of hydrogen-bond acceptors (Lipinski definition) is 8. The highest BCUT2D eigenvalue weighted by atomic mass is 19.1. The SMILES string of the molecule is Cc1cccc2c1N(c1ccc3c(N4CC5CCC(C4)N5)nc(OCC45CCCN4CCC5)nc3c1F)CC(O)C2. The van der Waals surface area contributed by atoms with Crippen LogP contribution in [0.4, 0.5) is 21.6 Å². The van der Waals surface area contributed by atoms with E-state index in [0.717, 1.165) is 74.5 Å². The Kier molecular flexibility index (Phi) is 6.13. The monoisotopic (exact) mass is 558 g/mol. The number of piperazine rings is 1. The molecule has 0 amide bonds. The maximum atomic E-state index is 16.7. The fraction of sp³-hybridized carbons (Fsp3) is 0.562. The fourth-order valence-electron chi connectivity index (χ4n) is 8.37. The van der Waals surface area contributed by atoms with Gasteiger partial charge >= 0.3 is 6.01 Å². The summed E-state index contributed by atoms with van der Waals surface area (Å²) >= 11 is 0. The molecule has 2 N–H and O–H groups in total. The molecule has 9 heteroatoms. The first-order chi connectivity index (χ1) is 20.0. The largest absolute Gasteiger partial charge is 0.461 e. The number of rotatable bonds is 5. The molecule has 0 saturated carbocycles. The third kappa shape index (κ3) is 4.27. The van der Waals surface area contributed by atoms with Crippen LogP contribution in [0.5, 0.6) is 6.01 Å². The molecule has 5 aliphatic rings. The standard InChI is InChI=1S/C32H39FN6O2/c1-20-5-2-6-21-15-24(40)18-39(29(20)21)26-10-9-25-28(27(26)33)35-31(41-19-32-11-3-13-38(32)14-4-12-32)36-30(25)37-16-22-7-8-23(17-37)34-22/h2,5-6,9-10,22-24,34,40H,3-4,7-8,11-19H2,1H3. The third-order valence-electron chi connectivity index (χ3n) is 10.3. The average Bonchev–Trinajstić information content (AvgIpc) is 3.65. The predicted molar refractivity (Wildman–Crippen MR) is 158 cm³/mol. The summed E-state index contributed by atoms with van der Waals surface area (Å²) in [6.07, 6.45) is 6.94. The molecule has 2 aromatic carbocycles. The minimum absolute atomic E-state index is 0.0538. The second kappa shape index (κ2) is 9.78. The number of halogens is 1. The first-order valence-corrected chi connectivity index (χ1v) is 15.4. The molecule has 5 aliphatic heterocycles. The van der Waals surface area contributed by atoms with Crippen molar-refractivity contribution in [2.45, 2.75) is 75.6 Å². The lowest BCUT2D eigenvalue weighted by Crippen LogP contribution is -2.51. The van der Waals surface area contributed by atoms with Gasteiger partial charge in [-0.2, -0.15) is 9.97 Å². The number of anilines is 3. The van der Waals surface area contributed by atoms with E-state index < -0.39 is 6.10 Å². The van der Waals surface area contributed by atoms with Crippen LogP contribution in [0.25, 0.3) is 10.9 Å². The molecule has 2 bridgehead atoms. The first kappa shape index (κ1) is 25.7. The van der Waals surface area contributed by atoms with Crippen LogP contribution in [0.15, 0.2) is 30.3 Å². The topological polar surface area (TPSA) is 77.0 Å². The van der Waals surface area contributed by atoms with E-state index in [1.54, 1.807) is 0 Å². The molecule has 216 valence electrons. The molecule has 3 unspecified atom stereocenters. The van der Waals surface area contributed by atoms with Crippen LogP contribution in [-0.2, 0) is 6.42 Å². The lowest BCUT2D eigenvalue weighted by molar-refractivity contribution is 0.108. The molecule has 0 spiro atoms. The van der Waals surface area contributed by atoms with E-state index in [9.17, 15) is 5.11 Å². The lowest BCUT2D eigenvalue weighted by atomic mass is 9.95. The van der Waals surface area contributed by atoms with E-state index in [0.29, 0.717) is 42.7 Å². The Balaban J connectivity index is 1.22. The Hall–Kier alpha value is -3.01. The van der Waals surface area contributed by atoms with Gasteiger partial charge in [-0.1, -0.05) is 18.2 Å². The molecule has 0 radical (unpaired) electrons. The number of aliphatic hydroxyl groups is 1. The van der Waals surface area contributed by atoms with Crippen molar-refractivity contribution in [3.63, 3.8) is 0 Å². The quantitative estimate of drug-likeness (QED) is 0.485. The van der Waals surface area contributed by atoms with Gasteiger partial charge in [0.25, 0.3) is 0 Å². The van der Waals surface area contributed by atoms with Crippen molar-refractivity contribution < 1.29 is 14.2 Å². The zero-order valence-electron chi connectivity index (χ0n) is 23.8. The molecular weight excluding hydrogens is 519 g/mol. The van der Waals surface area contributed by atoms with E-state index in [4.69, 9.17) is 14.7 Å². The maximum absolute atomic E-state index is 16.7. The van der Waals surface area contributed by atoms with Crippen molar-refractivity contribution in [2.75, 3.05) is 49.1 Å². The number of β-amino-alcohol motifs (C(OH)–C–C–N with tert-alkyl or cyclic N) is 1. The van der Waals surface area contributed by atoms with Gasteiger partial charge in [-0.15, -0.1) is 0 Å². The average molecular weight is 559 g/mol. The number of hydrogen-bond donors (Lipinski definition) is 2. The molecule has 41 heavy (non-hydrogen) atoms. The molecule has 0 aliphatic carbocycles. The summed E-state index contributed by atoms with van der Waals surface area (Å²) in [5.74, 6) is 0.371. The minimum atomic E-state index is -0.574. The van der Waals surface area contributed by atoms with Gasteiger partial charge in [0.2, 0.25) is 0 Å². The number of aliphatic hydroxyl groups excluding tert-OH is 1. The normalized spacial score (nSPS) is 27.0. The van der Waals surface area contributed by atoms with Crippen LogP contribution in [0.2, 0.25) is 0 Å². The Labute approximate surface area is 240 Å². The number of aryl methyl sites for hydroxylation is 1. The number of aromatic nitrogens is 2. The summed E-state index contributed by atoms with van der Waals surface area (Å²) in [6, 6.07) is 11.0. The van der Waals surface area contributed by atoms with Gasteiger partial charge in [-0.05, 0) is 81.8 Å². The van der Waals surface area contributed by atoms with Crippen molar-refractivity contribution in [1.29, 1.82) is 0 Å². The summed E-state index contributed by atoms with van der Waals surface area (Å²) < 4.78 is 23.2. The Bertz CT molecular complexity index is 1480. The first-order valence-electron chi connectivity index (χ1n) is 15.4. The van der Waals surface area contributed by atoms with E-state index in [-0.39, 0.29) is 22.9 Å². The second-order valence-corrected chi connectivity index (χ2v) is 12.9. The number of para-hydroxylation sites is 1. The fourth-order valence-corrected chi connectivity index (χ4v) is 8.37. The molecule has 1 aromatic heterocycles. The van der Waals surface area contributed by atoms with Gasteiger partial charge in [-0.3, -0.25) is 4.90 Å².